The van der Waals surface area contributed by atoms with Crippen molar-refractivity contribution in [2.24, 2.45) is 5.92 Å². The molecule has 1 aliphatic carbocycles. The molecule has 7 heteroatoms. The Morgan fingerprint density at radius 3 is 2.42 bits per heavy atom. The van der Waals surface area contributed by atoms with Crippen molar-refractivity contribution in [3.8, 4) is 0 Å². The van der Waals surface area contributed by atoms with Crippen LogP contribution in [0.5, 0.6) is 0 Å². The van der Waals surface area contributed by atoms with E-state index in [1.807, 2.05) is 24.3 Å². The number of hydrogen-bond acceptors (Lipinski definition) is 3. The molecular formula is C26H28F3N3O. The Hall–Kier alpha value is -3.09. The minimum atomic E-state index is -4.45. The number of fused-ring (bicyclic) bond motifs is 1. The third-order valence-electron chi connectivity index (χ3n) is 6.46. The van der Waals surface area contributed by atoms with Crippen LogP contribution < -0.4 is 10.6 Å². The number of pyridine rings is 1. The van der Waals surface area contributed by atoms with E-state index in [0.29, 0.717) is 12.8 Å². The summed E-state index contributed by atoms with van der Waals surface area (Å²) in [4.78, 5) is 17.5. The van der Waals surface area contributed by atoms with Crippen LogP contribution in [0.3, 0.4) is 0 Å². The number of benzene rings is 2. The van der Waals surface area contributed by atoms with Crippen molar-refractivity contribution in [2.45, 2.75) is 57.8 Å². The van der Waals surface area contributed by atoms with Gasteiger partial charge in [0.1, 0.15) is 5.82 Å². The molecule has 0 aliphatic heterocycles. The Bertz CT molecular complexity index is 1140. The standard InChI is InChI=1S/C26H28F3N3O/c1-16-15-24(32-23-10-6-4-7-20(16)23)31-19-13-11-18(12-14-19)25(33)30-17(2)21-8-3-5-9-22(21)26(27,28)29/h3-10,15,17-19H,11-14H2,1-2H3,(H,30,33)(H,31,32)/t17-,18?,19?/m0/s1. The molecule has 0 unspecified atom stereocenters. The van der Waals surface area contributed by atoms with Gasteiger partial charge in [0.2, 0.25) is 5.91 Å². The van der Waals surface area contributed by atoms with Crippen molar-refractivity contribution in [2.75, 3.05) is 5.32 Å². The van der Waals surface area contributed by atoms with Gasteiger partial charge in [-0.05, 0) is 68.9 Å². The topological polar surface area (TPSA) is 54.0 Å². The second kappa shape index (κ2) is 9.41. The SMILES string of the molecule is Cc1cc(NC2CCC(C(=O)N[C@@H](C)c3ccccc3C(F)(F)F)CC2)nc2ccccc12. The Morgan fingerprint density at radius 2 is 1.70 bits per heavy atom. The molecule has 1 fully saturated rings. The van der Waals surface area contributed by atoms with Gasteiger partial charge in [0.15, 0.2) is 0 Å². The van der Waals surface area contributed by atoms with Gasteiger partial charge < -0.3 is 10.6 Å². The predicted molar refractivity (Wildman–Crippen MR) is 124 cm³/mol. The van der Waals surface area contributed by atoms with E-state index in [2.05, 4.69) is 23.6 Å². The molecule has 2 aromatic carbocycles. The third-order valence-corrected chi connectivity index (χ3v) is 6.46. The summed E-state index contributed by atoms with van der Waals surface area (Å²) >= 11 is 0. The average Bonchev–Trinajstić information content (AvgIpc) is 2.79. The van der Waals surface area contributed by atoms with Crippen LogP contribution in [0.1, 0.15) is 55.3 Å². The van der Waals surface area contributed by atoms with Crippen molar-refractivity contribution in [3.63, 3.8) is 0 Å². The first-order chi connectivity index (χ1) is 15.7. The largest absolute Gasteiger partial charge is 0.416 e. The normalized spacial score (nSPS) is 19.8. The van der Waals surface area contributed by atoms with Gasteiger partial charge in [-0.1, -0.05) is 36.4 Å². The summed E-state index contributed by atoms with van der Waals surface area (Å²) in [6, 6.07) is 15.0. The highest BCUT2D eigenvalue weighted by Crippen LogP contribution is 2.35. The Morgan fingerprint density at radius 1 is 1.03 bits per heavy atom. The zero-order chi connectivity index (χ0) is 23.6. The highest BCUT2D eigenvalue weighted by molar-refractivity contribution is 5.83. The van der Waals surface area contributed by atoms with Crippen molar-refractivity contribution >= 4 is 22.6 Å². The lowest BCUT2D eigenvalue weighted by molar-refractivity contribution is -0.139. The van der Waals surface area contributed by atoms with Crippen molar-refractivity contribution in [3.05, 3.63) is 71.3 Å². The maximum Gasteiger partial charge on any atom is 0.416 e. The van der Waals surface area contributed by atoms with E-state index in [4.69, 9.17) is 4.98 Å². The van der Waals surface area contributed by atoms with Gasteiger partial charge in [0, 0.05) is 17.3 Å². The summed E-state index contributed by atoms with van der Waals surface area (Å²) in [6.45, 7) is 3.66. The number of amides is 1. The molecule has 1 atom stereocenters. The summed E-state index contributed by atoms with van der Waals surface area (Å²) in [6.07, 6.45) is -1.47. The van der Waals surface area contributed by atoms with E-state index in [0.717, 1.165) is 41.2 Å². The van der Waals surface area contributed by atoms with E-state index in [9.17, 15) is 18.0 Å². The highest BCUT2D eigenvalue weighted by atomic mass is 19.4. The minimum Gasteiger partial charge on any atom is -0.367 e. The van der Waals surface area contributed by atoms with Crippen LogP contribution in [-0.4, -0.2) is 16.9 Å². The zero-order valence-corrected chi connectivity index (χ0v) is 18.7. The number of halogens is 3. The summed E-state index contributed by atoms with van der Waals surface area (Å²) in [7, 11) is 0. The molecule has 0 bridgehead atoms. The number of para-hydroxylation sites is 1. The Kier molecular flexibility index (Phi) is 6.58. The second-order valence-corrected chi connectivity index (χ2v) is 8.85. The van der Waals surface area contributed by atoms with Crippen LogP contribution >= 0.6 is 0 Å². The number of carbonyl (C=O) groups is 1. The van der Waals surface area contributed by atoms with Gasteiger partial charge in [-0.25, -0.2) is 4.98 Å². The van der Waals surface area contributed by atoms with Crippen LogP contribution in [0.25, 0.3) is 10.9 Å². The first kappa shape index (κ1) is 23.1. The molecule has 4 rings (SSSR count). The number of aromatic nitrogens is 1. The molecule has 33 heavy (non-hydrogen) atoms. The number of alkyl halides is 3. The first-order valence-corrected chi connectivity index (χ1v) is 11.3. The van der Waals surface area contributed by atoms with E-state index in [-0.39, 0.29) is 23.4 Å². The lowest BCUT2D eigenvalue weighted by Gasteiger charge is -2.30. The molecule has 3 aromatic rings. The molecule has 174 valence electrons. The molecule has 1 amide bonds. The van der Waals surface area contributed by atoms with Gasteiger partial charge >= 0.3 is 6.18 Å². The van der Waals surface area contributed by atoms with Crippen molar-refractivity contribution in [1.82, 2.24) is 10.3 Å². The van der Waals surface area contributed by atoms with Gasteiger partial charge in [-0.15, -0.1) is 0 Å². The molecule has 0 spiro atoms. The van der Waals surface area contributed by atoms with Crippen molar-refractivity contribution in [1.29, 1.82) is 0 Å². The number of hydrogen-bond donors (Lipinski definition) is 2. The second-order valence-electron chi connectivity index (χ2n) is 8.85. The van der Waals surface area contributed by atoms with E-state index in [1.165, 1.54) is 12.1 Å². The van der Waals surface area contributed by atoms with E-state index >= 15 is 0 Å². The van der Waals surface area contributed by atoms with E-state index in [1.54, 1.807) is 13.0 Å². The third kappa shape index (κ3) is 5.29. The molecule has 1 heterocycles. The fourth-order valence-electron chi connectivity index (χ4n) is 4.67. The molecule has 0 radical (unpaired) electrons. The molecule has 1 aromatic heterocycles. The monoisotopic (exact) mass is 455 g/mol. The number of nitrogens with one attached hydrogen (secondary N) is 2. The van der Waals surface area contributed by atoms with Crippen LogP contribution in [0.15, 0.2) is 54.6 Å². The molecule has 1 aliphatic rings. The molecule has 2 N–H and O–H groups in total. The van der Waals surface area contributed by atoms with Gasteiger partial charge in [-0.3, -0.25) is 4.79 Å². The fourth-order valence-corrected chi connectivity index (χ4v) is 4.67. The smallest absolute Gasteiger partial charge is 0.367 e. The Labute approximate surface area is 191 Å². The summed E-state index contributed by atoms with van der Waals surface area (Å²) < 4.78 is 39.9. The van der Waals surface area contributed by atoms with Crippen LogP contribution in [0.2, 0.25) is 0 Å². The fraction of sp³-hybridized carbons (Fsp3) is 0.385. The minimum absolute atomic E-state index is 0.0893. The zero-order valence-electron chi connectivity index (χ0n) is 18.7. The lowest BCUT2D eigenvalue weighted by Crippen LogP contribution is -2.37. The molecule has 0 saturated heterocycles. The predicted octanol–water partition coefficient (Wildman–Crippen LogP) is 6.41. The molecular weight excluding hydrogens is 427 g/mol. The maximum atomic E-state index is 13.3. The number of aryl methyl sites for hydroxylation is 1. The average molecular weight is 456 g/mol. The van der Waals surface area contributed by atoms with Crippen LogP contribution in [0, 0.1) is 12.8 Å². The lowest BCUT2D eigenvalue weighted by atomic mass is 9.85. The summed E-state index contributed by atoms with van der Waals surface area (Å²) in [5, 5.41) is 7.42. The summed E-state index contributed by atoms with van der Waals surface area (Å²) in [5.74, 6) is 0.448. The van der Waals surface area contributed by atoms with Gasteiger partial charge in [-0.2, -0.15) is 13.2 Å². The maximum absolute atomic E-state index is 13.3. The number of anilines is 1. The van der Waals surface area contributed by atoms with Crippen LogP contribution in [0.4, 0.5) is 19.0 Å². The van der Waals surface area contributed by atoms with Crippen LogP contribution in [-0.2, 0) is 11.0 Å². The van der Waals surface area contributed by atoms with Gasteiger partial charge in [0.25, 0.3) is 0 Å². The van der Waals surface area contributed by atoms with Crippen molar-refractivity contribution < 1.29 is 18.0 Å². The van der Waals surface area contributed by atoms with Gasteiger partial charge in [0.05, 0.1) is 17.1 Å². The first-order valence-electron chi connectivity index (χ1n) is 11.3. The number of nitrogens with zero attached hydrogens (tertiary/aromatic N) is 1. The molecule has 4 nitrogen and oxygen atoms in total. The quantitative estimate of drug-likeness (QED) is 0.467. The highest BCUT2D eigenvalue weighted by Gasteiger charge is 2.35. The van der Waals surface area contributed by atoms with E-state index < -0.39 is 17.8 Å². The number of rotatable bonds is 5. The number of carbonyl (C=O) groups excluding carboxylic acids is 1. The summed E-state index contributed by atoms with van der Waals surface area (Å²) in [5.41, 5.74) is 1.49. The Balaban J connectivity index is 1.34. The molecule has 1 saturated carbocycles.